The van der Waals surface area contributed by atoms with Crippen LogP contribution in [0.5, 0.6) is 5.75 Å². The van der Waals surface area contributed by atoms with E-state index in [1.165, 1.54) is 5.56 Å². The normalized spacial score (nSPS) is 18.0. The van der Waals surface area contributed by atoms with Crippen LogP contribution in [0.1, 0.15) is 23.9 Å². The Labute approximate surface area is 111 Å². The van der Waals surface area contributed by atoms with Crippen LogP contribution in [0.15, 0.2) is 48.5 Å². The number of aryl methyl sites for hydroxylation is 1. The second-order valence-electron chi connectivity index (χ2n) is 4.89. The van der Waals surface area contributed by atoms with Crippen molar-refractivity contribution in [3.63, 3.8) is 0 Å². The zero-order valence-electron chi connectivity index (χ0n) is 10.5. The first-order valence-electron chi connectivity index (χ1n) is 6.59. The smallest absolute Gasteiger partial charge is 0.156 e. The fraction of sp³-hybridized carbons (Fsp3) is 0.188. The number of hydrogen-bond acceptors (Lipinski definition) is 2. The van der Waals surface area contributed by atoms with E-state index >= 15 is 0 Å². The van der Waals surface area contributed by atoms with Gasteiger partial charge in [0.05, 0.1) is 11.0 Å². The molecule has 0 fully saturated rings. The monoisotopic (exact) mass is 250 g/mol. The first-order valence-corrected chi connectivity index (χ1v) is 6.59. The van der Waals surface area contributed by atoms with E-state index in [1.54, 1.807) is 0 Å². The van der Waals surface area contributed by atoms with Crippen molar-refractivity contribution < 1.29 is 4.74 Å². The van der Waals surface area contributed by atoms with E-state index in [9.17, 15) is 0 Å². The van der Waals surface area contributed by atoms with Gasteiger partial charge in [-0.15, -0.1) is 0 Å². The molecule has 2 aromatic carbocycles. The van der Waals surface area contributed by atoms with E-state index in [4.69, 9.17) is 4.74 Å². The standard InChI is InChI=1S/C16H14N2O/c1-4-8-14-11(5-1)9-10-15(19-14)16-17-12-6-2-3-7-13(12)18-16/h1-8,15H,9-10H2,(H,17,18). The van der Waals surface area contributed by atoms with E-state index in [1.807, 2.05) is 36.4 Å². The SMILES string of the molecule is c1ccc2c(c1)CCC(c1nc3ccccc3[nH]1)O2. The number of imidazole rings is 1. The van der Waals surface area contributed by atoms with Crippen molar-refractivity contribution in [2.45, 2.75) is 18.9 Å². The Balaban J connectivity index is 1.70. The number of benzene rings is 2. The number of H-pyrrole nitrogens is 1. The molecule has 0 amide bonds. The van der Waals surface area contributed by atoms with Gasteiger partial charge < -0.3 is 9.72 Å². The van der Waals surface area contributed by atoms with Gasteiger partial charge in [-0.05, 0) is 36.6 Å². The molecule has 3 nitrogen and oxygen atoms in total. The summed E-state index contributed by atoms with van der Waals surface area (Å²) in [4.78, 5) is 7.99. The first kappa shape index (κ1) is 10.6. The molecule has 3 aromatic rings. The third-order valence-electron chi connectivity index (χ3n) is 3.63. The second kappa shape index (κ2) is 4.12. The maximum absolute atomic E-state index is 6.05. The Morgan fingerprint density at radius 3 is 2.84 bits per heavy atom. The van der Waals surface area contributed by atoms with Gasteiger partial charge in [-0.1, -0.05) is 30.3 Å². The lowest BCUT2D eigenvalue weighted by atomic mass is 10.0. The van der Waals surface area contributed by atoms with E-state index in [2.05, 4.69) is 22.1 Å². The quantitative estimate of drug-likeness (QED) is 0.716. The Hall–Kier alpha value is -2.29. The van der Waals surface area contributed by atoms with Crippen LogP contribution in [-0.2, 0) is 6.42 Å². The third-order valence-corrected chi connectivity index (χ3v) is 3.63. The maximum Gasteiger partial charge on any atom is 0.156 e. The van der Waals surface area contributed by atoms with Gasteiger partial charge in [0.2, 0.25) is 0 Å². The highest BCUT2D eigenvalue weighted by molar-refractivity contribution is 5.74. The zero-order chi connectivity index (χ0) is 12.7. The number of rotatable bonds is 1. The number of nitrogens with zero attached hydrogens (tertiary/aromatic N) is 1. The average Bonchev–Trinajstić information content (AvgIpc) is 2.90. The van der Waals surface area contributed by atoms with Crippen LogP contribution in [0, 0.1) is 0 Å². The number of aromatic nitrogens is 2. The summed E-state index contributed by atoms with van der Waals surface area (Å²) in [6.07, 6.45) is 2.04. The van der Waals surface area contributed by atoms with E-state index in [-0.39, 0.29) is 6.10 Å². The van der Waals surface area contributed by atoms with Gasteiger partial charge in [-0.25, -0.2) is 4.98 Å². The summed E-state index contributed by atoms with van der Waals surface area (Å²) in [7, 11) is 0. The lowest BCUT2D eigenvalue weighted by molar-refractivity contribution is 0.168. The number of fused-ring (bicyclic) bond motifs is 2. The minimum absolute atomic E-state index is 0.0299. The van der Waals surface area contributed by atoms with Crippen molar-refractivity contribution >= 4 is 11.0 Å². The Morgan fingerprint density at radius 1 is 1.05 bits per heavy atom. The summed E-state index contributed by atoms with van der Waals surface area (Å²) in [6.45, 7) is 0. The number of aromatic amines is 1. The summed E-state index contributed by atoms with van der Waals surface area (Å²) >= 11 is 0. The molecule has 0 aliphatic carbocycles. The molecule has 1 aliphatic rings. The van der Waals surface area contributed by atoms with Crippen LogP contribution in [0.3, 0.4) is 0 Å². The van der Waals surface area contributed by atoms with Crippen LogP contribution in [0.25, 0.3) is 11.0 Å². The first-order chi connectivity index (χ1) is 9.40. The summed E-state index contributed by atoms with van der Waals surface area (Å²) in [6, 6.07) is 16.3. The van der Waals surface area contributed by atoms with Gasteiger partial charge in [0, 0.05) is 0 Å². The summed E-state index contributed by atoms with van der Waals surface area (Å²) in [5, 5.41) is 0. The average molecular weight is 250 g/mol. The number of para-hydroxylation sites is 3. The Kier molecular flexibility index (Phi) is 2.30. The fourth-order valence-corrected chi connectivity index (χ4v) is 2.64. The largest absolute Gasteiger partial charge is 0.482 e. The number of nitrogens with one attached hydrogen (secondary N) is 1. The molecule has 4 rings (SSSR count). The van der Waals surface area contributed by atoms with Gasteiger partial charge in [0.25, 0.3) is 0 Å². The third kappa shape index (κ3) is 1.78. The molecule has 94 valence electrons. The highest BCUT2D eigenvalue weighted by atomic mass is 16.5. The second-order valence-corrected chi connectivity index (χ2v) is 4.89. The highest BCUT2D eigenvalue weighted by Gasteiger charge is 2.23. The minimum atomic E-state index is 0.0299. The van der Waals surface area contributed by atoms with Gasteiger partial charge in [-0.3, -0.25) is 0 Å². The van der Waals surface area contributed by atoms with Gasteiger partial charge in [0.1, 0.15) is 11.6 Å². The molecule has 1 atom stereocenters. The lowest BCUT2D eigenvalue weighted by Gasteiger charge is -2.24. The predicted octanol–water partition coefficient (Wildman–Crippen LogP) is 3.63. The van der Waals surface area contributed by atoms with Crippen LogP contribution in [-0.4, -0.2) is 9.97 Å². The molecule has 1 aliphatic heterocycles. The van der Waals surface area contributed by atoms with Crippen molar-refractivity contribution in [3.05, 3.63) is 59.9 Å². The summed E-state index contributed by atoms with van der Waals surface area (Å²) in [5.74, 6) is 1.91. The molecular formula is C16H14N2O. The molecule has 1 N–H and O–H groups in total. The van der Waals surface area contributed by atoms with Crippen LogP contribution in [0.2, 0.25) is 0 Å². The molecule has 19 heavy (non-hydrogen) atoms. The topological polar surface area (TPSA) is 37.9 Å². The molecule has 1 aromatic heterocycles. The highest BCUT2D eigenvalue weighted by Crippen LogP contribution is 2.34. The van der Waals surface area contributed by atoms with Crippen molar-refractivity contribution in [1.82, 2.24) is 9.97 Å². The van der Waals surface area contributed by atoms with Gasteiger partial charge in [-0.2, -0.15) is 0 Å². The van der Waals surface area contributed by atoms with Gasteiger partial charge in [0.15, 0.2) is 6.10 Å². The van der Waals surface area contributed by atoms with Crippen LogP contribution in [0.4, 0.5) is 0 Å². The van der Waals surface area contributed by atoms with Gasteiger partial charge >= 0.3 is 0 Å². The number of ether oxygens (including phenoxy) is 1. The molecule has 0 saturated heterocycles. The Morgan fingerprint density at radius 2 is 1.89 bits per heavy atom. The molecule has 0 radical (unpaired) electrons. The van der Waals surface area contributed by atoms with Crippen molar-refractivity contribution in [3.8, 4) is 5.75 Å². The van der Waals surface area contributed by atoms with E-state index < -0.39 is 0 Å². The number of hydrogen-bond donors (Lipinski definition) is 1. The molecule has 0 bridgehead atoms. The molecule has 1 unspecified atom stereocenters. The molecule has 3 heteroatoms. The molecular weight excluding hydrogens is 236 g/mol. The molecule has 0 spiro atoms. The Bertz CT molecular complexity index is 699. The van der Waals surface area contributed by atoms with Crippen LogP contribution < -0.4 is 4.74 Å². The van der Waals surface area contributed by atoms with E-state index in [0.29, 0.717) is 0 Å². The van der Waals surface area contributed by atoms with Crippen LogP contribution >= 0.6 is 0 Å². The maximum atomic E-state index is 6.05. The fourth-order valence-electron chi connectivity index (χ4n) is 2.64. The molecule has 2 heterocycles. The van der Waals surface area contributed by atoms with E-state index in [0.717, 1.165) is 35.4 Å². The summed E-state index contributed by atoms with van der Waals surface area (Å²) in [5.41, 5.74) is 3.36. The predicted molar refractivity (Wildman–Crippen MR) is 74.2 cm³/mol. The lowest BCUT2D eigenvalue weighted by Crippen LogP contribution is -2.16. The minimum Gasteiger partial charge on any atom is -0.482 e. The van der Waals surface area contributed by atoms with Crippen molar-refractivity contribution in [2.24, 2.45) is 0 Å². The van der Waals surface area contributed by atoms with Crippen molar-refractivity contribution in [2.75, 3.05) is 0 Å². The molecule has 0 saturated carbocycles. The summed E-state index contributed by atoms with van der Waals surface area (Å²) < 4.78 is 6.05. The van der Waals surface area contributed by atoms with Crippen molar-refractivity contribution in [1.29, 1.82) is 0 Å². The zero-order valence-corrected chi connectivity index (χ0v) is 10.5.